The van der Waals surface area contributed by atoms with Crippen molar-refractivity contribution in [1.29, 1.82) is 0 Å². The summed E-state index contributed by atoms with van der Waals surface area (Å²) in [5.74, 6) is 0.144. The molecule has 3 aromatic rings. The molecule has 3 heteroatoms. The van der Waals surface area contributed by atoms with Gasteiger partial charge in [-0.2, -0.15) is 0 Å². The first-order chi connectivity index (χ1) is 14.2. The summed E-state index contributed by atoms with van der Waals surface area (Å²) in [6.45, 7) is 11.9. The van der Waals surface area contributed by atoms with Gasteiger partial charge in [0.1, 0.15) is 0 Å². The number of ketones is 1. The van der Waals surface area contributed by atoms with Gasteiger partial charge in [0.05, 0.1) is 6.61 Å². The predicted molar refractivity (Wildman–Crippen MR) is 131 cm³/mol. The van der Waals surface area contributed by atoms with Crippen LogP contribution in [-0.2, 0) is 10.8 Å². The maximum Gasteiger partial charge on any atom is 0.192 e. The molecule has 3 aromatic carbocycles. The quantitative estimate of drug-likeness (QED) is 0.298. The molecule has 2 nitrogen and oxygen atoms in total. The van der Waals surface area contributed by atoms with Crippen molar-refractivity contribution in [3.63, 3.8) is 0 Å². The van der Waals surface area contributed by atoms with E-state index >= 15 is 0 Å². The maximum atomic E-state index is 13.1. The molecule has 0 heterocycles. The fraction of sp³-hybridized carbons (Fsp3) is 0.296. The minimum absolute atomic E-state index is 0.144. The van der Waals surface area contributed by atoms with Crippen LogP contribution in [-0.4, -0.2) is 20.7 Å². The highest BCUT2D eigenvalue weighted by molar-refractivity contribution is 6.74. The van der Waals surface area contributed by atoms with Gasteiger partial charge in [0, 0.05) is 12.0 Å². The standard InChI is InChI=1S/C27H32O2Si/c1-27(2,3)30(4,5)29-19-11-16-21-12-6-7-14-23(21)20-26(28)25-18-10-15-22-13-8-9-17-24(22)25/h6-18H,19-20H2,1-5H3/b16-11+. The molecule has 0 spiro atoms. The number of benzene rings is 3. The van der Waals surface area contributed by atoms with E-state index in [9.17, 15) is 4.79 Å². The van der Waals surface area contributed by atoms with Crippen LogP contribution in [0.4, 0.5) is 0 Å². The topological polar surface area (TPSA) is 26.3 Å². The van der Waals surface area contributed by atoms with Crippen molar-refractivity contribution in [2.24, 2.45) is 0 Å². The van der Waals surface area contributed by atoms with Gasteiger partial charge in [-0.1, -0.05) is 99.7 Å². The normalized spacial score (nSPS) is 12.6. The molecule has 0 radical (unpaired) electrons. The summed E-state index contributed by atoms with van der Waals surface area (Å²) >= 11 is 0. The van der Waals surface area contributed by atoms with Gasteiger partial charge in [-0.25, -0.2) is 0 Å². The average molecular weight is 417 g/mol. The van der Waals surface area contributed by atoms with Gasteiger partial charge in [0.25, 0.3) is 0 Å². The van der Waals surface area contributed by atoms with Crippen molar-refractivity contribution >= 4 is 30.9 Å². The van der Waals surface area contributed by atoms with Crippen molar-refractivity contribution < 1.29 is 9.22 Å². The van der Waals surface area contributed by atoms with Crippen molar-refractivity contribution in [3.8, 4) is 0 Å². The Morgan fingerprint density at radius 2 is 1.60 bits per heavy atom. The Kier molecular flexibility index (Phi) is 6.74. The fourth-order valence-electron chi connectivity index (χ4n) is 3.24. The van der Waals surface area contributed by atoms with Gasteiger partial charge < -0.3 is 4.43 Å². The lowest BCUT2D eigenvalue weighted by molar-refractivity contribution is 0.0994. The second kappa shape index (κ2) is 9.11. The molecule has 0 aliphatic rings. The highest BCUT2D eigenvalue weighted by Gasteiger charge is 2.36. The van der Waals surface area contributed by atoms with Crippen molar-refractivity contribution in [1.82, 2.24) is 0 Å². The molecule has 0 saturated heterocycles. The monoisotopic (exact) mass is 416 g/mol. The Labute approximate surface area is 181 Å². The van der Waals surface area contributed by atoms with Gasteiger partial charge in [-0.05, 0) is 40.0 Å². The molecule has 0 bridgehead atoms. The Balaban J connectivity index is 1.75. The summed E-state index contributed by atoms with van der Waals surface area (Å²) in [4.78, 5) is 13.1. The van der Waals surface area contributed by atoms with Crippen LogP contribution in [0, 0.1) is 0 Å². The molecule has 0 aliphatic heterocycles. The Morgan fingerprint density at radius 3 is 2.37 bits per heavy atom. The Hall–Kier alpha value is -2.49. The van der Waals surface area contributed by atoms with E-state index in [-0.39, 0.29) is 10.8 Å². The summed E-state index contributed by atoms with van der Waals surface area (Å²) in [6, 6.07) is 22.1. The number of hydrogen-bond acceptors (Lipinski definition) is 2. The van der Waals surface area contributed by atoms with Crippen molar-refractivity contribution in [2.45, 2.75) is 45.3 Å². The van der Waals surface area contributed by atoms with Gasteiger partial charge in [0.2, 0.25) is 0 Å². The van der Waals surface area contributed by atoms with Crippen molar-refractivity contribution in [2.75, 3.05) is 6.61 Å². The third-order valence-electron chi connectivity index (χ3n) is 6.14. The molecule has 0 fully saturated rings. The summed E-state index contributed by atoms with van der Waals surface area (Å²) in [5, 5.41) is 2.31. The third kappa shape index (κ3) is 5.16. The summed E-state index contributed by atoms with van der Waals surface area (Å²) in [5.41, 5.74) is 2.90. The zero-order valence-corrected chi connectivity index (χ0v) is 19.7. The summed E-state index contributed by atoms with van der Waals surface area (Å²) < 4.78 is 6.24. The molecule has 0 unspecified atom stereocenters. The number of hydrogen-bond donors (Lipinski definition) is 0. The largest absolute Gasteiger partial charge is 0.413 e. The number of Topliss-reactive ketones (excluding diaryl/α,β-unsaturated/α-hetero) is 1. The maximum absolute atomic E-state index is 13.1. The SMILES string of the molecule is CC(C)(C)[Si](C)(C)OC/C=C/c1ccccc1CC(=O)c1cccc2ccccc12. The first-order valence-corrected chi connectivity index (χ1v) is 13.5. The average Bonchev–Trinajstić information content (AvgIpc) is 2.71. The van der Waals surface area contributed by atoms with E-state index in [1.807, 2.05) is 60.7 Å². The molecular weight excluding hydrogens is 384 g/mol. The van der Waals surface area contributed by atoms with Gasteiger partial charge >= 0.3 is 0 Å². The molecule has 0 aromatic heterocycles. The zero-order valence-electron chi connectivity index (χ0n) is 18.7. The molecule has 0 aliphatic carbocycles. The summed E-state index contributed by atoms with van der Waals surface area (Å²) in [7, 11) is -1.76. The van der Waals surface area contributed by atoms with Gasteiger partial charge in [-0.3, -0.25) is 4.79 Å². The molecule has 0 amide bonds. The van der Waals surface area contributed by atoms with E-state index in [0.29, 0.717) is 13.0 Å². The van der Waals surface area contributed by atoms with Crippen LogP contribution < -0.4 is 0 Å². The Morgan fingerprint density at radius 1 is 0.933 bits per heavy atom. The smallest absolute Gasteiger partial charge is 0.192 e. The molecule has 3 rings (SSSR count). The summed E-state index contributed by atoms with van der Waals surface area (Å²) in [6.07, 6.45) is 4.54. The number of fused-ring (bicyclic) bond motifs is 1. The lowest BCUT2D eigenvalue weighted by Gasteiger charge is -2.35. The van der Waals surface area contributed by atoms with E-state index < -0.39 is 8.32 Å². The van der Waals surface area contributed by atoms with E-state index in [1.54, 1.807) is 0 Å². The van der Waals surface area contributed by atoms with E-state index in [1.165, 1.54) is 0 Å². The van der Waals surface area contributed by atoms with Crippen LogP contribution in [0.5, 0.6) is 0 Å². The van der Waals surface area contributed by atoms with Crippen LogP contribution in [0.1, 0.15) is 42.3 Å². The van der Waals surface area contributed by atoms with Crippen LogP contribution in [0.3, 0.4) is 0 Å². The van der Waals surface area contributed by atoms with Crippen LogP contribution in [0.15, 0.2) is 72.8 Å². The first-order valence-electron chi connectivity index (χ1n) is 10.6. The van der Waals surface area contributed by atoms with Gasteiger partial charge in [0.15, 0.2) is 14.1 Å². The fourth-order valence-corrected chi connectivity index (χ4v) is 4.19. The second-order valence-corrected chi connectivity index (χ2v) is 14.1. The van der Waals surface area contributed by atoms with E-state index in [4.69, 9.17) is 4.43 Å². The molecule has 156 valence electrons. The third-order valence-corrected chi connectivity index (χ3v) is 10.6. The molecule has 0 N–H and O–H groups in total. The molecular formula is C27H32O2Si. The second-order valence-electron chi connectivity index (χ2n) is 9.30. The van der Waals surface area contributed by atoms with Crippen molar-refractivity contribution in [3.05, 3.63) is 89.5 Å². The highest BCUT2D eigenvalue weighted by Crippen LogP contribution is 2.36. The minimum atomic E-state index is -1.76. The van der Waals surface area contributed by atoms with Crippen LogP contribution >= 0.6 is 0 Å². The minimum Gasteiger partial charge on any atom is -0.413 e. The zero-order chi connectivity index (χ0) is 21.8. The lowest BCUT2D eigenvalue weighted by Crippen LogP contribution is -2.40. The van der Waals surface area contributed by atoms with Gasteiger partial charge in [-0.15, -0.1) is 0 Å². The lowest BCUT2D eigenvalue weighted by atomic mass is 9.95. The molecule has 0 atom stereocenters. The number of carbonyl (C=O) groups excluding carboxylic acids is 1. The number of carbonyl (C=O) groups is 1. The highest BCUT2D eigenvalue weighted by atomic mass is 28.4. The van der Waals surface area contributed by atoms with E-state index in [0.717, 1.165) is 27.5 Å². The molecule has 0 saturated carbocycles. The van der Waals surface area contributed by atoms with Crippen LogP contribution in [0.25, 0.3) is 16.8 Å². The Bertz CT molecular complexity index is 1050. The number of rotatable bonds is 7. The predicted octanol–water partition coefficient (Wildman–Crippen LogP) is 7.30. The first kappa shape index (κ1) is 22.2. The molecule has 30 heavy (non-hydrogen) atoms. The van der Waals surface area contributed by atoms with Crippen LogP contribution in [0.2, 0.25) is 18.1 Å². The van der Waals surface area contributed by atoms with E-state index in [2.05, 4.69) is 52.1 Å².